The molecule has 2 saturated carbocycles. The standard InChI is InChI=1S/C14H25IO/c1-11-5-4-8-14(9-11,10-15)16-12(2)13-6-3-7-13/h11-13H,3-10H2,1-2H3. The first-order valence-electron chi connectivity index (χ1n) is 6.89. The number of halogens is 1. The highest BCUT2D eigenvalue weighted by Crippen LogP contribution is 2.40. The molecule has 2 heteroatoms. The number of hydrogen-bond acceptors (Lipinski definition) is 1. The molecule has 3 unspecified atom stereocenters. The Hall–Kier alpha value is 0.690. The van der Waals surface area contributed by atoms with E-state index in [1.54, 1.807) is 0 Å². The third-order valence-electron chi connectivity index (χ3n) is 4.54. The molecule has 0 N–H and O–H groups in total. The number of rotatable bonds is 4. The molecular weight excluding hydrogens is 311 g/mol. The fourth-order valence-corrected chi connectivity index (χ4v) is 4.14. The Labute approximate surface area is 114 Å². The van der Waals surface area contributed by atoms with Gasteiger partial charge in [0.1, 0.15) is 0 Å². The summed E-state index contributed by atoms with van der Waals surface area (Å²) in [7, 11) is 0. The number of ether oxygens (including phenoxy) is 1. The molecule has 0 aromatic heterocycles. The van der Waals surface area contributed by atoms with Crippen LogP contribution in [0.3, 0.4) is 0 Å². The van der Waals surface area contributed by atoms with Gasteiger partial charge in [-0.05, 0) is 44.4 Å². The Morgan fingerprint density at radius 3 is 2.56 bits per heavy atom. The van der Waals surface area contributed by atoms with E-state index in [9.17, 15) is 0 Å². The average Bonchev–Trinajstić information content (AvgIpc) is 2.14. The van der Waals surface area contributed by atoms with Gasteiger partial charge in [0.15, 0.2) is 0 Å². The Kier molecular flexibility index (Phi) is 4.56. The second-order valence-corrected chi connectivity index (χ2v) is 6.79. The summed E-state index contributed by atoms with van der Waals surface area (Å²) in [5.74, 6) is 1.72. The highest BCUT2D eigenvalue weighted by Gasteiger charge is 2.38. The first kappa shape index (κ1) is 13.1. The quantitative estimate of drug-likeness (QED) is 0.540. The zero-order valence-electron chi connectivity index (χ0n) is 10.7. The summed E-state index contributed by atoms with van der Waals surface area (Å²) in [4.78, 5) is 0. The van der Waals surface area contributed by atoms with E-state index in [0.717, 1.165) is 11.8 Å². The fourth-order valence-electron chi connectivity index (χ4n) is 3.27. The molecule has 0 aromatic rings. The largest absolute Gasteiger partial charge is 0.371 e. The lowest BCUT2D eigenvalue weighted by Crippen LogP contribution is -2.44. The second-order valence-electron chi connectivity index (χ2n) is 6.03. The highest BCUT2D eigenvalue weighted by molar-refractivity contribution is 14.1. The predicted octanol–water partition coefficient (Wildman–Crippen LogP) is 4.58. The van der Waals surface area contributed by atoms with E-state index >= 15 is 0 Å². The van der Waals surface area contributed by atoms with Gasteiger partial charge in [0.2, 0.25) is 0 Å². The molecular formula is C14H25IO. The van der Waals surface area contributed by atoms with Gasteiger partial charge in [0.05, 0.1) is 11.7 Å². The molecule has 2 aliphatic carbocycles. The molecule has 0 aliphatic heterocycles. The first-order chi connectivity index (χ1) is 7.65. The van der Waals surface area contributed by atoms with Crippen molar-refractivity contribution in [1.29, 1.82) is 0 Å². The van der Waals surface area contributed by atoms with Crippen molar-refractivity contribution in [2.24, 2.45) is 11.8 Å². The Bertz CT molecular complexity index is 227. The van der Waals surface area contributed by atoms with E-state index in [4.69, 9.17) is 4.74 Å². The van der Waals surface area contributed by atoms with Gasteiger partial charge < -0.3 is 4.74 Å². The highest BCUT2D eigenvalue weighted by atomic mass is 127. The zero-order chi connectivity index (χ0) is 11.6. The molecule has 0 heterocycles. The molecule has 1 nitrogen and oxygen atoms in total. The van der Waals surface area contributed by atoms with E-state index < -0.39 is 0 Å². The molecule has 2 fully saturated rings. The van der Waals surface area contributed by atoms with Crippen molar-refractivity contribution in [1.82, 2.24) is 0 Å². The van der Waals surface area contributed by atoms with Crippen molar-refractivity contribution < 1.29 is 4.74 Å². The number of alkyl halides is 1. The maximum atomic E-state index is 6.49. The van der Waals surface area contributed by atoms with E-state index in [2.05, 4.69) is 36.4 Å². The van der Waals surface area contributed by atoms with Gasteiger partial charge in [0.25, 0.3) is 0 Å². The summed E-state index contributed by atoms with van der Waals surface area (Å²) in [5, 5.41) is 0. The van der Waals surface area contributed by atoms with E-state index in [0.29, 0.717) is 6.10 Å². The maximum Gasteiger partial charge on any atom is 0.0777 e. The molecule has 16 heavy (non-hydrogen) atoms. The first-order valence-corrected chi connectivity index (χ1v) is 8.41. The van der Waals surface area contributed by atoms with Crippen molar-refractivity contribution in [3.05, 3.63) is 0 Å². The topological polar surface area (TPSA) is 9.23 Å². The second kappa shape index (κ2) is 5.55. The fraction of sp³-hybridized carbons (Fsp3) is 1.00. The van der Waals surface area contributed by atoms with E-state index in [1.807, 2.05) is 0 Å². The predicted molar refractivity (Wildman–Crippen MR) is 77.1 cm³/mol. The molecule has 0 bridgehead atoms. The Morgan fingerprint density at radius 2 is 2.06 bits per heavy atom. The van der Waals surface area contributed by atoms with Crippen LogP contribution in [0.5, 0.6) is 0 Å². The van der Waals surface area contributed by atoms with Crippen molar-refractivity contribution >= 4 is 22.6 Å². The Morgan fingerprint density at radius 1 is 1.31 bits per heavy atom. The van der Waals surface area contributed by atoms with Crippen LogP contribution >= 0.6 is 22.6 Å². The van der Waals surface area contributed by atoms with Crippen molar-refractivity contribution in [2.45, 2.75) is 70.5 Å². The molecule has 0 radical (unpaired) electrons. The summed E-state index contributed by atoms with van der Waals surface area (Å²) in [6.45, 7) is 4.69. The lowest BCUT2D eigenvalue weighted by molar-refractivity contribution is -0.127. The SMILES string of the molecule is CC1CCCC(CI)(OC(C)C2CCC2)C1. The third kappa shape index (κ3) is 2.92. The minimum atomic E-state index is 0.216. The van der Waals surface area contributed by atoms with Crippen LogP contribution in [-0.4, -0.2) is 16.1 Å². The minimum absolute atomic E-state index is 0.216. The molecule has 0 amide bonds. The number of hydrogen-bond donors (Lipinski definition) is 0. The van der Waals surface area contributed by atoms with Crippen molar-refractivity contribution in [3.63, 3.8) is 0 Å². The molecule has 0 spiro atoms. The van der Waals surface area contributed by atoms with Crippen LogP contribution < -0.4 is 0 Å². The molecule has 2 rings (SSSR count). The summed E-state index contributed by atoms with van der Waals surface area (Å²) in [6.07, 6.45) is 10.0. The van der Waals surface area contributed by atoms with Crippen molar-refractivity contribution in [3.8, 4) is 0 Å². The Balaban J connectivity index is 1.91. The normalized spacial score (nSPS) is 38.1. The minimum Gasteiger partial charge on any atom is -0.371 e. The van der Waals surface area contributed by atoms with Gasteiger partial charge in [-0.2, -0.15) is 0 Å². The van der Waals surface area contributed by atoms with Gasteiger partial charge in [0, 0.05) is 4.43 Å². The van der Waals surface area contributed by atoms with Crippen LogP contribution in [0.1, 0.15) is 58.8 Å². The summed E-state index contributed by atoms with van der Waals surface area (Å²) >= 11 is 2.53. The molecule has 94 valence electrons. The lowest BCUT2D eigenvalue weighted by Gasteiger charge is -2.43. The summed E-state index contributed by atoms with van der Waals surface area (Å²) < 4.78 is 7.67. The lowest BCUT2D eigenvalue weighted by atomic mass is 9.78. The third-order valence-corrected chi connectivity index (χ3v) is 5.93. The van der Waals surface area contributed by atoms with Crippen LogP contribution in [-0.2, 0) is 4.74 Å². The monoisotopic (exact) mass is 336 g/mol. The van der Waals surface area contributed by atoms with Gasteiger partial charge >= 0.3 is 0 Å². The average molecular weight is 336 g/mol. The van der Waals surface area contributed by atoms with Crippen molar-refractivity contribution in [2.75, 3.05) is 4.43 Å². The van der Waals surface area contributed by atoms with Crippen LogP contribution in [0.25, 0.3) is 0 Å². The van der Waals surface area contributed by atoms with Crippen LogP contribution in [0.2, 0.25) is 0 Å². The van der Waals surface area contributed by atoms with Gasteiger partial charge in [-0.25, -0.2) is 0 Å². The maximum absolute atomic E-state index is 6.49. The van der Waals surface area contributed by atoms with Gasteiger partial charge in [-0.1, -0.05) is 48.8 Å². The van der Waals surface area contributed by atoms with Crippen LogP contribution in [0.4, 0.5) is 0 Å². The summed E-state index contributed by atoms with van der Waals surface area (Å²) in [5.41, 5.74) is 0.216. The summed E-state index contributed by atoms with van der Waals surface area (Å²) in [6, 6.07) is 0. The molecule has 0 saturated heterocycles. The van der Waals surface area contributed by atoms with E-state index in [1.165, 1.54) is 49.4 Å². The molecule has 3 atom stereocenters. The van der Waals surface area contributed by atoms with Gasteiger partial charge in [-0.15, -0.1) is 0 Å². The van der Waals surface area contributed by atoms with E-state index in [-0.39, 0.29) is 5.60 Å². The van der Waals surface area contributed by atoms with Crippen LogP contribution in [0, 0.1) is 11.8 Å². The molecule has 0 aromatic carbocycles. The van der Waals surface area contributed by atoms with Crippen LogP contribution in [0.15, 0.2) is 0 Å². The smallest absolute Gasteiger partial charge is 0.0777 e. The van der Waals surface area contributed by atoms with Gasteiger partial charge in [-0.3, -0.25) is 0 Å². The molecule has 2 aliphatic rings. The zero-order valence-corrected chi connectivity index (χ0v) is 12.8.